The van der Waals surface area contributed by atoms with Crippen molar-refractivity contribution in [3.63, 3.8) is 0 Å². The summed E-state index contributed by atoms with van der Waals surface area (Å²) in [6.07, 6.45) is 0.960. The van der Waals surface area contributed by atoms with Crippen LogP contribution in [0.2, 0.25) is 13.6 Å². The highest BCUT2D eigenvalue weighted by Crippen LogP contribution is 2.07. The molecule has 0 aliphatic heterocycles. The summed E-state index contributed by atoms with van der Waals surface area (Å²) in [5.41, 5.74) is 0. The molecular weight excluding hydrogens is 227 g/mol. The molecule has 0 heterocycles. The summed E-state index contributed by atoms with van der Waals surface area (Å²) in [5, 5.41) is 5.62. The van der Waals surface area contributed by atoms with Crippen LogP contribution in [-0.4, -0.2) is 31.0 Å². The van der Waals surface area contributed by atoms with Crippen LogP contribution >= 0.6 is 0 Å². The molecule has 5 heteroatoms. The highest BCUT2D eigenvalue weighted by molar-refractivity contribution is 6.57. The first-order valence-corrected chi connectivity index (χ1v) is 6.81. The van der Waals surface area contributed by atoms with E-state index < -0.39 is 0 Å². The Kier molecular flexibility index (Phi) is 7.72. The molecule has 2 N–H and O–H groups in total. The second-order valence-electron chi connectivity index (χ2n) is 5.92. The maximum absolute atomic E-state index is 11.7. The van der Waals surface area contributed by atoms with Crippen molar-refractivity contribution in [1.82, 2.24) is 10.6 Å². The average Bonchev–Trinajstić information content (AvgIpc) is 2.23. The number of nitrogens with one attached hydrogen (secondary N) is 2. The van der Waals surface area contributed by atoms with E-state index in [0.29, 0.717) is 12.6 Å². The Morgan fingerprint density at radius 2 is 1.67 bits per heavy atom. The Labute approximate surface area is 111 Å². The van der Waals surface area contributed by atoms with Crippen LogP contribution in [0, 0.1) is 11.8 Å². The van der Waals surface area contributed by atoms with Crippen molar-refractivity contribution >= 4 is 18.5 Å². The Bertz CT molecular complexity index is 278. The fourth-order valence-electron chi connectivity index (χ4n) is 1.63. The van der Waals surface area contributed by atoms with Crippen LogP contribution in [0.4, 0.5) is 0 Å². The second-order valence-corrected chi connectivity index (χ2v) is 5.92. The third-order valence-corrected chi connectivity index (χ3v) is 2.82. The molecule has 0 fully saturated rings. The summed E-state index contributed by atoms with van der Waals surface area (Å²) in [4.78, 5) is 23.1. The van der Waals surface area contributed by atoms with Gasteiger partial charge in [0.05, 0.1) is 6.54 Å². The summed E-state index contributed by atoms with van der Waals surface area (Å²) in [6.45, 7) is 12.6. The van der Waals surface area contributed by atoms with Crippen molar-refractivity contribution in [2.45, 2.75) is 53.7 Å². The van der Waals surface area contributed by atoms with Crippen LogP contribution < -0.4 is 10.6 Å². The van der Waals surface area contributed by atoms with E-state index >= 15 is 0 Å². The first-order valence-electron chi connectivity index (χ1n) is 6.81. The summed E-state index contributed by atoms with van der Waals surface area (Å²) >= 11 is 0. The van der Waals surface area contributed by atoms with Gasteiger partial charge in [0.25, 0.3) is 0 Å². The molecular formula is C13H27BN2O2. The van der Waals surface area contributed by atoms with Crippen LogP contribution in [0.15, 0.2) is 0 Å². The number of hydrogen-bond acceptors (Lipinski definition) is 2. The predicted octanol–water partition coefficient (Wildman–Crippen LogP) is 1.58. The second kappa shape index (κ2) is 8.17. The molecule has 2 amide bonds. The van der Waals surface area contributed by atoms with Crippen molar-refractivity contribution in [1.29, 1.82) is 0 Å². The standard InChI is InChI=1S/C13H27BN2O2/c1-9(2)7-11(14(5)6)16-12(17)8-15-13(18)10(3)4/h9-11H,7-8H2,1-6H3,(H,15,18)(H,16,17). The Morgan fingerprint density at radius 1 is 1.11 bits per heavy atom. The zero-order chi connectivity index (χ0) is 14.3. The van der Waals surface area contributed by atoms with Gasteiger partial charge in [0.1, 0.15) is 0 Å². The lowest BCUT2D eigenvalue weighted by atomic mass is 9.47. The topological polar surface area (TPSA) is 58.2 Å². The van der Waals surface area contributed by atoms with E-state index in [1.807, 2.05) is 13.8 Å². The molecule has 1 atom stereocenters. The quantitative estimate of drug-likeness (QED) is 0.678. The minimum atomic E-state index is -0.108. The number of carbonyl (C=O) groups excluding carboxylic acids is 2. The molecule has 0 spiro atoms. The zero-order valence-electron chi connectivity index (χ0n) is 12.5. The Hall–Kier alpha value is -0.995. The smallest absolute Gasteiger partial charge is 0.238 e. The molecule has 0 aromatic rings. The molecule has 0 radical (unpaired) electrons. The van der Waals surface area contributed by atoms with Crippen molar-refractivity contribution < 1.29 is 9.59 Å². The highest BCUT2D eigenvalue weighted by atomic mass is 16.2. The van der Waals surface area contributed by atoms with Crippen molar-refractivity contribution in [3.8, 4) is 0 Å². The van der Waals surface area contributed by atoms with E-state index in [2.05, 4.69) is 38.1 Å². The van der Waals surface area contributed by atoms with E-state index in [-0.39, 0.29) is 30.2 Å². The van der Waals surface area contributed by atoms with E-state index in [0.717, 1.165) is 6.42 Å². The minimum absolute atomic E-state index is 0.0678. The van der Waals surface area contributed by atoms with Gasteiger partial charge in [0, 0.05) is 11.9 Å². The van der Waals surface area contributed by atoms with Gasteiger partial charge in [-0.2, -0.15) is 0 Å². The van der Waals surface area contributed by atoms with Crippen molar-refractivity contribution in [2.24, 2.45) is 11.8 Å². The van der Waals surface area contributed by atoms with Crippen molar-refractivity contribution in [3.05, 3.63) is 0 Å². The fourth-order valence-corrected chi connectivity index (χ4v) is 1.63. The lowest BCUT2D eigenvalue weighted by Gasteiger charge is -2.22. The van der Waals surface area contributed by atoms with Gasteiger partial charge in [-0.15, -0.1) is 0 Å². The normalized spacial score (nSPS) is 12.4. The van der Waals surface area contributed by atoms with Crippen LogP contribution in [-0.2, 0) is 9.59 Å². The molecule has 0 aliphatic carbocycles. The number of carbonyl (C=O) groups is 2. The van der Waals surface area contributed by atoms with Gasteiger partial charge < -0.3 is 10.6 Å². The molecule has 0 saturated heterocycles. The number of hydrogen-bond donors (Lipinski definition) is 2. The summed E-state index contributed by atoms with van der Waals surface area (Å²) in [7, 11) is 0. The molecule has 0 aromatic carbocycles. The molecule has 0 bridgehead atoms. The number of rotatable bonds is 7. The third-order valence-electron chi connectivity index (χ3n) is 2.82. The summed E-state index contributed by atoms with van der Waals surface area (Å²) < 4.78 is 0. The molecule has 104 valence electrons. The van der Waals surface area contributed by atoms with E-state index in [1.54, 1.807) is 0 Å². The predicted molar refractivity (Wildman–Crippen MR) is 76.7 cm³/mol. The van der Waals surface area contributed by atoms with Gasteiger partial charge in [-0.05, 0) is 12.3 Å². The SMILES string of the molecule is CB(C)C(CC(C)C)NC(=O)CNC(=O)C(C)C. The Balaban J connectivity index is 4.14. The monoisotopic (exact) mass is 254 g/mol. The van der Waals surface area contributed by atoms with Crippen LogP contribution in [0.5, 0.6) is 0 Å². The van der Waals surface area contributed by atoms with Gasteiger partial charge in [-0.3, -0.25) is 9.59 Å². The largest absolute Gasteiger partial charge is 0.359 e. The Morgan fingerprint density at radius 3 is 2.06 bits per heavy atom. The first-order chi connectivity index (χ1) is 8.23. The van der Waals surface area contributed by atoms with Gasteiger partial charge in [-0.25, -0.2) is 0 Å². The van der Waals surface area contributed by atoms with Crippen LogP contribution in [0.3, 0.4) is 0 Å². The molecule has 0 aliphatic rings. The van der Waals surface area contributed by atoms with Crippen molar-refractivity contribution in [2.75, 3.05) is 6.54 Å². The minimum Gasteiger partial charge on any atom is -0.359 e. The summed E-state index contributed by atoms with van der Waals surface area (Å²) in [5.74, 6) is 0.434. The highest BCUT2D eigenvalue weighted by Gasteiger charge is 2.20. The molecule has 0 rings (SSSR count). The van der Waals surface area contributed by atoms with Gasteiger partial charge in [0.2, 0.25) is 11.8 Å². The lowest BCUT2D eigenvalue weighted by molar-refractivity contribution is -0.128. The van der Waals surface area contributed by atoms with Crippen LogP contribution in [0.1, 0.15) is 34.1 Å². The molecule has 18 heavy (non-hydrogen) atoms. The molecule has 0 saturated carbocycles. The van der Waals surface area contributed by atoms with E-state index in [4.69, 9.17) is 0 Å². The third kappa shape index (κ3) is 7.35. The summed E-state index contributed by atoms with van der Waals surface area (Å²) in [6, 6.07) is 0. The maximum atomic E-state index is 11.7. The van der Waals surface area contributed by atoms with Gasteiger partial charge >= 0.3 is 0 Å². The lowest BCUT2D eigenvalue weighted by Crippen LogP contribution is -2.48. The van der Waals surface area contributed by atoms with E-state index in [9.17, 15) is 9.59 Å². The maximum Gasteiger partial charge on any atom is 0.238 e. The molecule has 0 aromatic heterocycles. The van der Waals surface area contributed by atoms with E-state index in [1.165, 1.54) is 0 Å². The fraction of sp³-hybridized carbons (Fsp3) is 0.846. The van der Waals surface area contributed by atoms with Crippen LogP contribution in [0.25, 0.3) is 0 Å². The molecule has 1 unspecified atom stereocenters. The first kappa shape index (κ1) is 17.0. The van der Waals surface area contributed by atoms with Gasteiger partial charge in [-0.1, -0.05) is 41.3 Å². The number of amides is 2. The zero-order valence-corrected chi connectivity index (χ0v) is 12.5. The van der Waals surface area contributed by atoms with Gasteiger partial charge in [0.15, 0.2) is 6.71 Å². The molecule has 4 nitrogen and oxygen atoms in total. The average molecular weight is 254 g/mol.